The summed E-state index contributed by atoms with van der Waals surface area (Å²) in [5, 5.41) is 5.38. The molecule has 2 aliphatic rings. The number of hydrogen-bond donors (Lipinski definition) is 3. The molecule has 0 bridgehead atoms. The number of nitrogens with zero attached hydrogens (tertiary/aromatic N) is 1. The molecule has 0 aliphatic carbocycles. The van der Waals surface area contributed by atoms with E-state index in [1.807, 2.05) is 12.1 Å². The fraction of sp³-hybridized carbons (Fsp3) is 0.200. The van der Waals surface area contributed by atoms with Gasteiger partial charge in [-0.1, -0.05) is 18.2 Å². The van der Waals surface area contributed by atoms with Crippen molar-refractivity contribution in [1.82, 2.24) is 10.2 Å². The quantitative estimate of drug-likeness (QED) is 0.544. The Morgan fingerprint density at radius 1 is 1.07 bits per heavy atom. The predicted molar refractivity (Wildman–Crippen MR) is 101 cm³/mol. The number of carbonyl (C=O) groups is 4. The van der Waals surface area contributed by atoms with Crippen molar-refractivity contribution >= 4 is 35.0 Å². The summed E-state index contributed by atoms with van der Waals surface area (Å²) < 4.78 is 0. The van der Waals surface area contributed by atoms with Gasteiger partial charge in [-0.15, -0.1) is 0 Å². The second-order valence-corrected chi connectivity index (χ2v) is 6.77. The zero-order chi connectivity index (χ0) is 19.8. The van der Waals surface area contributed by atoms with Crippen LogP contribution >= 0.6 is 0 Å². The lowest BCUT2D eigenvalue weighted by Gasteiger charge is -2.27. The summed E-state index contributed by atoms with van der Waals surface area (Å²) >= 11 is 0. The summed E-state index contributed by atoms with van der Waals surface area (Å²) in [5.74, 6) is -2.05. The van der Waals surface area contributed by atoms with Gasteiger partial charge in [-0.05, 0) is 36.2 Å². The SMILES string of the molecule is Nc1cccc(NCc2cccc3c2C(=O)N(C2CCC(=O)NC2=O)C3=O)c1. The minimum atomic E-state index is -0.972. The molecule has 2 aromatic rings. The molecule has 2 aromatic carbocycles. The number of piperidine rings is 1. The molecule has 0 radical (unpaired) electrons. The van der Waals surface area contributed by atoms with E-state index in [1.165, 1.54) is 0 Å². The first kappa shape index (κ1) is 17.7. The van der Waals surface area contributed by atoms with E-state index in [-0.39, 0.29) is 24.0 Å². The van der Waals surface area contributed by atoms with E-state index >= 15 is 0 Å². The molecule has 2 aliphatic heterocycles. The lowest BCUT2D eigenvalue weighted by atomic mass is 10.0. The summed E-state index contributed by atoms with van der Waals surface area (Å²) in [5.41, 5.74) is 8.37. The summed E-state index contributed by atoms with van der Waals surface area (Å²) in [4.78, 5) is 50.3. The van der Waals surface area contributed by atoms with Crippen LogP contribution in [0.5, 0.6) is 0 Å². The standard InChI is InChI=1S/C20H18N4O4/c21-12-4-2-5-13(9-12)22-10-11-3-1-6-14-17(11)20(28)24(19(14)27)15-7-8-16(25)23-18(15)26/h1-6,9,15,22H,7-8,10,21H2,(H,23,25,26). The van der Waals surface area contributed by atoms with E-state index in [2.05, 4.69) is 10.6 Å². The van der Waals surface area contributed by atoms with Gasteiger partial charge in [0.05, 0.1) is 11.1 Å². The van der Waals surface area contributed by atoms with Gasteiger partial charge in [-0.2, -0.15) is 0 Å². The molecular weight excluding hydrogens is 360 g/mol. The topological polar surface area (TPSA) is 122 Å². The highest BCUT2D eigenvalue weighted by molar-refractivity contribution is 6.24. The van der Waals surface area contributed by atoms with Crippen LogP contribution in [-0.2, 0) is 16.1 Å². The number of anilines is 2. The van der Waals surface area contributed by atoms with Crippen molar-refractivity contribution in [1.29, 1.82) is 0 Å². The third-order valence-electron chi connectivity index (χ3n) is 4.92. The molecule has 1 unspecified atom stereocenters. The predicted octanol–water partition coefficient (Wildman–Crippen LogP) is 1.28. The summed E-state index contributed by atoms with van der Waals surface area (Å²) in [7, 11) is 0. The zero-order valence-corrected chi connectivity index (χ0v) is 14.9. The lowest BCUT2D eigenvalue weighted by molar-refractivity contribution is -0.136. The fourth-order valence-corrected chi connectivity index (χ4v) is 3.58. The van der Waals surface area contributed by atoms with Crippen molar-refractivity contribution in [2.45, 2.75) is 25.4 Å². The molecule has 1 saturated heterocycles. The molecule has 4 rings (SSSR count). The molecule has 1 fully saturated rings. The van der Waals surface area contributed by atoms with Gasteiger partial charge >= 0.3 is 0 Å². The molecule has 142 valence electrons. The average Bonchev–Trinajstić information content (AvgIpc) is 2.92. The Balaban J connectivity index is 1.61. The number of fused-ring (bicyclic) bond motifs is 1. The molecule has 0 saturated carbocycles. The second-order valence-electron chi connectivity index (χ2n) is 6.77. The Morgan fingerprint density at radius 3 is 2.61 bits per heavy atom. The van der Waals surface area contributed by atoms with Gasteiger partial charge in [0.25, 0.3) is 11.8 Å². The normalized spacial score (nSPS) is 18.9. The fourth-order valence-electron chi connectivity index (χ4n) is 3.58. The molecule has 2 heterocycles. The van der Waals surface area contributed by atoms with Crippen molar-refractivity contribution in [3.05, 3.63) is 59.2 Å². The second kappa shape index (κ2) is 6.80. The van der Waals surface area contributed by atoms with Gasteiger partial charge < -0.3 is 11.1 Å². The molecule has 0 aromatic heterocycles. The number of nitrogens with two attached hydrogens (primary N) is 1. The number of carbonyl (C=O) groups excluding carboxylic acids is 4. The van der Waals surface area contributed by atoms with Crippen LogP contribution in [-0.4, -0.2) is 34.6 Å². The third kappa shape index (κ3) is 2.98. The number of rotatable bonds is 4. The Labute approximate surface area is 160 Å². The largest absolute Gasteiger partial charge is 0.399 e. The maximum atomic E-state index is 13.0. The van der Waals surface area contributed by atoms with Crippen molar-refractivity contribution < 1.29 is 19.2 Å². The minimum absolute atomic E-state index is 0.0909. The van der Waals surface area contributed by atoms with Crippen molar-refractivity contribution in [3.63, 3.8) is 0 Å². The monoisotopic (exact) mass is 378 g/mol. The maximum absolute atomic E-state index is 13.0. The van der Waals surface area contributed by atoms with Gasteiger partial charge in [0.2, 0.25) is 11.8 Å². The lowest BCUT2D eigenvalue weighted by Crippen LogP contribution is -2.54. The molecule has 8 nitrogen and oxygen atoms in total. The maximum Gasteiger partial charge on any atom is 0.262 e. The minimum Gasteiger partial charge on any atom is -0.399 e. The van der Waals surface area contributed by atoms with Crippen LogP contribution in [0, 0.1) is 0 Å². The number of nitrogens with one attached hydrogen (secondary N) is 2. The van der Waals surface area contributed by atoms with Crippen LogP contribution in [0.15, 0.2) is 42.5 Å². The van der Waals surface area contributed by atoms with Gasteiger partial charge in [-0.3, -0.25) is 29.4 Å². The summed E-state index contributed by atoms with van der Waals surface area (Å²) in [6, 6.07) is 11.3. The number of imide groups is 2. The molecule has 0 spiro atoms. The number of hydrogen-bond acceptors (Lipinski definition) is 6. The third-order valence-corrected chi connectivity index (χ3v) is 4.92. The molecule has 4 amide bonds. The molecule has 8 heteroatoms. The van der Waals surface area contributed by atoms with Gasteiger partial charge in [-0.25, -0.2) is 0 Å². The Hall–Kier alpha value is -3.68. The number of benzene rings is 2. The van der Waals surface area contributed by atoms with E-state index in [9.17, 15) is 19.2 Å². The first-order valence-corrected chi connectivity index (χ1v) is 8.88. The zero-order valence-electron chi connectivity index (χ0n) is 14.9. The van der Waals surface area contributed by atoms with E-state index in [0.29, 0.717) is 17.8 Å². The Morgan fingerprint density at radius 2 is 1.86 bits per heavy atom. The van der Waals surface area contributed by atoms with Crippen LogP contribution in [0.4, 0.5) is 11.4 Å². The van der Waals surface area contributed by atoms with Gasteiger partial charge in [0.15, 0.2) is 0 Å². The molecular formula is C20H18N4O4. The van der Waals surface area contributed by atoms with Gasteiger partial charge in [0.1, 0.15) is 6.04 Å². The van der Waals surface area contributed by atoms with Crippen LogP contribution < -0.4 is 16.4 Å². The van der Waals surface area contributed by atoms with E-state index in [1.54, 1.807) is 30.3 Å². The summed E-state index contributed by atoms with van der Waals surface area (Å²) in [6.45, 7) is 0.314. The van der Waals surface area contributed by atoms with E-state index in [0.717, 1.165) is 10.6 Å². The van der Waals surface area contributed by atoms with Crippen molar-refractivity contribution in [2.75, 3.05) is 11.1 Å². The van der Waals surface area contributed by atoms with Crippen LogP contribution in [0.25, 0.3) is 0 Å². The molecule has 1 atom stereocenters. The van der Waals surface area contributed by atoms with Crippen molar-refractivity contribution in [3.8, 4) is 0 Å². The van der Waals surface area contributed by atoms with Crippen LogP contribution in [0.1, 0.15) is 39.1 Å². The van der Waals surface area contributed by atoms with E-state index in [4.69, 9.17) is 5.73 Å². The van der Waals surface area contributed by atoms with E-state index < -0.39 is 29.7 Å². The van der Waals surface area contributed by atoms with Gasteiger partial charge in [0, 0.05) is 24.3 Å². The highest BCUT2D eigenvalue weighted by Gasteiger charge is 2.45. The van der Waals surface area contributed by atoms with Crippen LogP contribution in [0.3, 0.4) is 0 Å². The highest BCUT2D eigenvalue weighted by Crippen LogP contribution is 2.30. The smallest absolute Gasteiger partial charge is 0.262 e. The molecule has 28 heavy (non-hydrogen) atoms. The van der Waals surface area contributed by atoms with Crippen molar-refractivity contribution in [2.24, 2.45) is 0 Å². The number of amides is 4. The molecule has 4 N–H and O–H groups in total. The highest BCUT2D eigenvalue weighted by atomic mass is 16.2. The van der Waals surface area contributed by atoms with Crippen LogP contribution in [0.2, 0.25) is 0 Å². The first-order chi connectivity index (χ1) is 13.5. The summed E-state index contributed by atoms with van der Waals surface area (Å²) in [6.07, 6.45) is 0.223. The average molecular weight is 378 g/mol. The first-order valence-electron chi connectivity index (χ1n) is 8.88. The Bertz CT molecular complexity index is 1020. The number of nitrogen functional groups attached to an aromatic ring is 1. The Kier molecular flexibility index (Phi) is 4.31.